The number of hydrogen-bond acceptors (Lipinski definition) is 4. The van der Waals surface area contributed by atoms with Gasteiger partial charge < -0.3 is 10.1 Å². The van der Waals surface area contributed by atoms with Crippen molar-refractivity contribution in [3.63, 3.8) is 0 Å². The summed E-state index contributed by atoms with van der Waals surface area (Å²) >= 11 is 0. The molecule has 2 rings (SSSR count). The predicted molar refractivity (Wildman–Crippen MR) is 115 cm³/mol. The Labute approximate surface area is 173 Å². The summed E-state index contributed by atoms with van der Waals surface area (Å²) in [5.74, 6) is -0.252. The second-order valence-corrected chi connectivity index (χ2v) is 9.86. The third-order valence-corrected chi connectivity index (χ3v) is 5.68. The van der Waals surface area contributed by atoms with E-state index in [2.05, 4.69) is 10.0 Å². The minimum Gasteiger partial charge on any atom is -0.444 e. The molecule has 0 saturated heterocycles. The largest absolute Gasteiger partial charge is 0.444 e. The lowest BCUT2D eigenvalue weighted by molar-refractivity contribution is 0.0509. The number of ether oxygens (including phenoxy) is 1. The van der Waals surface area contributed by atoms with Crippen molar-refractivity contribution in [3.8, 4) is 0 Å². The highest BCUT2D eigenvalue weighted by atomic mass is 32.2. The van der Waals surface area contributed by atoms with E-state index in [1.54, 1.807) is 27.7 Å². The Kier molecular flexibility index (Phi) is 7.81. The van der Waals surface area contributed by atoms with Crippen LogP contribution in [0.15, 0.2) is 60.7 Å². The van der Waals surface area contributed by atoms with E-state index in [-0.39, 0.29) is 11.8 Å². The number of carbonyl (C=O) groups excluding carboxylic acids is 1. The van der Waals surface area contributed by atoms with E-state index < -0.39 is 27.8 Å². The lowest BCUT2D eigenvalue weighted by atomic mass is 10.1. The summed E-state index contributed by atoms with van der Waals surface area (Å²) in [7, 11) is -3.66. The molecule has 0 aromatic heterocycles. The molecule has 6 nitrogen and oxygen atoms in total. The van der Waals surface area contributed by atoms with Crippen molar-refractivity contribution < 1.29 is 17.9 Å². The van der Waals surface area contributed by atoms with Crippen molar-refractivity contribution in [1.82, 2.24) is 10.0 Å². The number of benzene rings is 2. The van der Waals surface area contributed by atoms with E-state index in [1.807, 2.05) is 60.7 Å². The third-order valence-electron chi connectivity index (χ3n) is 4.12. The molecule has 0 heterocycles. The van der Waals surface area contributed by atoms with Crippen LogP contribution in [0.4, 0.5) is 4.79 Å². The Bertz CT molecular complexity index is 878. The number of sulfonamides is 1. The third kappa shape index (κ3) is 8.66. The number of alkyl carbamates (subject to hydrolysis) is 1. The van der Waals surface area contributed by atoms with E-state index in [1.165, 1.54) is 0 Å². The Morgan fingerprint density at radius 1 is 1.00 bits per heavy atom. The Morgan fingerprint density at radius 2 is 1.55 bits per heavy atom. The fraction of sp³-hybridized carbons (Fsp3) is 0.409. The molecule has 0 aliphatic rings. The molecule has 0 fully saturated rings. The first-order valence-corrected chi connectivity index (χ1v) is 11.3. The zero-order valence-electron chi connectivity index (χ0n) is 17.4. The highest BCUT2D eigenvalue weighted by Crippen LogP contribution is 2.14. The molecule has 158 valence electrons. The van der Waals surface area contributed by atoms with E-state index in [9.17, 15) is 13.2 Å². The molecule has 0 unspecified atom stereocenters. The zero-order chi connectivity index (χ0) is 21.5. The van der Waals surface area contributed by atoms with E-state index in [4.69, 9.17) is 4.74 Å². The van der Waals surface area contributed by atoms with Crippen LogP contribution < -0.4 is 10.0 Å². The first-order chi connectivity index (χ1) is 13.5. The van der Waals surface area contributed by atoms with Crippen LogP contribution in [-0.2, 0) is 21.2 Å². The summed E-state index contributed by atoms with van der Waals surface area (Å²) in [6.07, 6.45) is -0.259. The molecular weight excluding hydrogens is 388 g/mol. The zero-order valence-corrected chi connectivity index (χ0v) is 18.2. The van der Waals surface area contributed by atoms with Crippen LogP contribution >= 0.6 is 0 Å². The van der Waals surface area contributed by atoms with Crippen molar-refractivity contribution in [1.29, 1.82) is 0 Å². The number of rotatable bonds is 8. The second kappa shape index (κ2) is 9.89. The molecule has 2 aromatic carbocycles. The summed E-state index contributed by atoms with van der Waals surface area (Å²) in [5, 5.41) is 2.71. The molecule has 0 radical (unpaired) electrons. The molecule has 0 aliphatic carbocycles. The van der Waals surface area contributed by atoms with Gasteiger partial charge >= 0.3 is 6.09 Å². The highest BCUT2D eigenvalue weighted by Gasteiger charge is 2.25. The lowest BCUT2D eigenvalue weighted by Gasteiger charge is -2.24. The number of hydrogen-bond donors (Lipinski definition) is 2. The van der Waals surface area contributed by atoms with Crippen LogP contribution in [0.1, 0.15) is 44.9 Å². The van der Waals surface area contributed by atoms with Crippen LogP contribution in [0, 0.1) is 0 Å². The van der Waals surface area contributed by atoms with Gasteiger partial charge in [0.1, 0.15) is 5.60 Å². The van der Waals surface area contributed by atoms with E-state index >= 15 is 0 Å². The van der Waals surface area contributed by atoms with Gasteiger partial charge in [-0.1, -0.05) is 60.7 Å². The minimum atomic E-state index is -3.66. The molecule has 2 atom stereocenters. The molecule has 2 aromatic rings. The Morgan fingerprint density at radius 3 is 2.10 bits per heavy atom. The predicted octanol–water partition coefficient (Wildman–Crippen LogP) is 3.80. The van der Waals surface area contributed by atoms with E-state index in [0.717, 1.165) is 11.1 Å². The summed E-state index contributed by atoms with van der Waals surface area (Å²) in [4.78, 5) is 12.2. The molecule has 0 aliphatic heterocycles. The highest BCUT2D eigenvalue weighted by molar-refractivity contribution is 7.89. The van der Waals surface area contributed by atoms with Gasteiger partial charge in [0.05, 0.1) is 11.8 Å². The standard InChI is InChI=1S/C22H30N2O4S/c1-17(19-13-9-6-10-14-19)24-29(26,27)16-20(15-18-11-7-5-8-12-18)23-21(25)28-22(2,3)4/h5-14,17,20,24H,15-16H2,1-4H3,(H,23,25)/t17-,20-/m0/s1. The molecule has 2 N–H and O–H groups in total. The minimum absolute atomic E-state index is 0.252. The van der Waals surface area contributed by atoms with Crippen LogP contribution in [0.5, 0.6) is 0 Å². The molecule has 29 heavy (non-hydrogen) atoms. The molecule has 0 spiro atoms. The van der Waals surface area contributed by atoms with Gasteiger partial charge in [0, 0.05) is 6.04 Å². The molecule has 0 bridgehead atoms. The SMILES string of the molecule is C[C@H](NS(=O)(=O)C[C@H](Cc1ccccc1)NC(=O)OC(C)(C)C)c1ccccc1. The Balaban J connectivity index is 2.11. The van der Waals surface area contributed by atoms with Gasteiger partial charge in [0.25, 0.3) is 0 Å². The first-order valence-electron chi connectivity index (χ1n) is 9.62. The average molecular weight is 419 g/mol. The number of carbonyl (C=O) groups is 1. The maximum atomic E-state index is 12.8. The fourth-order valence-corrected chi connectivity index (χ4v) is 4.42. The number of nitrogens with one attached hydrogen (secondary N) is 2. The van der Waals surface area contributed by atoms with Gasteiger partial charge in [-0.25, -0.2) is 17.9 Å². The quantitative estimate of drug-likeness (QED) is 0.683. The van der Waals surface area contributed by atoms with Crippen LogP contribution in [0.3, 0.4) is 0 Å². The van der Waals surface area contributed by atoms with Crippen molar-refractivity contribution in [2.75, 3.05) is 5.75 Å². The van der Waals surface area contributed by atoms with Crippen molar-refractivity contribution in [3.05, 3.63) is 71.8 Å². The second-order valence-electron chi connectivity index (χ2n) is 8.06. The maximum Gasteiger partial charge on any atom is 0.407 e. The summed E-state index contributed by atoms with van der Waals surface area (Å²) in [5.41, 5.74) is 1.14. The van der Waals surface area contributed by atoms with Crippen LogP contribution in [-0.4, -0.2) is 31.9 Å². The maximum absolute atomic E-state index is 12.8. The fourth-order valence-electron chi connectivity index (χ4n) is 2.92. The monoisotopic (exact) mass is 418 g/mol. The Hall–Kier alpha value is -2.38. The molecular formula is C22H30N2O4S. The van der Waals surface area contributed by atoms with Gasteiger partial charge in [-0.15, -0.1) is 0 Å². The smallest absolute Gasteiger partial charge is 0.407 e. The van der Waals surface area contributed by atoms with Gasteiger partial charge in [-0.2, -0.15) is 0 Å². The van der Waals surface area contributed by atoms with Gasteiger partial charge in [-0.05, 0) is 45.2 Å². The van der Waals surface area contributed by atoms with Crippen molar-refractivity contribution in [2.45, 2.75) is 51.8 Å². The summed E-state index contributed by atoms with van der Waals surface area (Å²) in [6, 6.07) is 17.8. The van der Waals surface area contributed by atoms with Crippen molar-refractivity contribution in [2.24, 2.45) is 0 Å². The molecule has 0 saturated carbocycles. The van der Waals surface area contributed by atoms with Crippen LogP contribution in [0.2, 0.25) is 0 Å². The van der Waals surface area contributed by atoms with Gasteiger partial charge in [0.15, 0.2) is 0 Å². The van der Waals surface area contributed by atoms with Crippen molar-refractivity contribution >= 4 is 16.1 Å². The number of amides is 1. The average Bonchev–Trinajstić information content (AvgIpc) is 2.60. The molecule has 1 amide bonds. The first kappa shape index (κ1) is 22.9. The summed E-state index contributed by atoms with van der Waals surface area (Å²) in [6.45, 7) is 7.08. The van der Waals surface area contributed by atoms with Gasteiger partial charge in [-0.3, -0.25) is 0 Å². The van der Waals surface area contributed by atoms with E-state index in [0.29, 0.717) is 6.42 Å². The summed E-state index contributed by atoms with van der Waals surface area (Å²) < 4.78 is 33.6. The lowest BCUT2D eigenvalue weighted by Crippen LogP contribution is -2.46. The normalized spacial score (nSPS) is 14.1. The molecule has 7 heteroatoms. The topological polar surface area (TPSA) is 84.5 Å². The van der Waals surface area contributed by atoms with Crippen LogP contribution in [0.25, 0.3) is 0 Å². The van der Waals surface area contributed by atoms with Gasteiger partial charge in [0.2, 0.25) is 10.0 Å².